The molecule has 21 heavy (non-hydrogen) atoms. The Hall–Kier alpha value is -2.46. The van der Waals surface area contributed by atoms with E-state index in [0.29, 0.717) is 17.4 Å². The van der Waals surface area contributed by atoms with Gasteiger partial charge in [-0.2, -0.15) is 5.26 Å². The molecule has 0 aromatic carbocycles. The second-order valence-corrected chi connectivity index (χ2v) is 5.02. The molecular formula is C14H16N6O. The standard InChI is InChI=1S/C14H16N6O/c1-20-4-3-16-14(20)13-10(2-5-21-13)7-18-12-9-17-11(6-15)8-19-12/h3-4,8-10,13H,2,5,7H2,1H3,(H,18,19)/t10-,13+/m0/s1. The Bertz CT molecular complexity index is 644. The van der Waals surface area contributed by atoms with Crippen LogP contribution in [0, 0.1) is 17.2 Å². The predicted molar refractivity (Wildman–Crippen MR) is 75.2 cm³/mol. The third-order valence-electron chi connectivity index (χ3n) is 3.64. The minimum absolute atomic E-state index is 0.00356. The lowest BCUT2D eigenvalue weighted by atomic mass is 10.0. The number of hydrogen-bond acceptors (Lipinski definition) is 6. The highest BCUT2D eigenvalue weighted by molar-refractivity contribution is 5.33. The van der Waals surface area contributed by atoms with Gasteiger partial charge in [0.25, 0.3) is 0 Å². The van der Waals surface area contributed by atoms with Gasteiger partial charge in [-0.3, -0.25) is 0 Å². The summed E-state index contributed by atoms with van der Waals surface area (Å²) in [4.78, 5) is 12.5. The zero-order chi connectivity index (χ0) is 14.7. The number of nitrogens with zero attached hydrogens (tertiary/aromatic N) is 5. The van der Waals surface area contributed by atoms with Gasteiger partial charge in [0, 0.05) is 38.5 Å². The molecule has 1 aliphatic heterocycles. The van der Waals surface area contributed by atoms with Gasteiger partial charge in [0.1, 0.15) is 23.8 Å². The largest absolute Gasteiger partial charge is 0.370 e. The van der Waals surface area contributed by atoms with Crippen LogP contribution in [0.1, 0.15) is 24.0 Å². The maximum atomic E-state index is 8.70. The van der Waals surface area contributed by atoms with Gasteiger partial charge in [0.15, 0.2) is 5.69 Å². The van der Waals surface area contributed by atoms with E-state index in [1.54, 1.807) is 12.4 Å². The van der Waals surface area contributed by atoms with Crippen LogP contribution in [0.4, 0.5) is 5.82 Å². The van der Waals surface area contributed by atoms with Gasteiger partial charge < -0.3 is 14.6 Å². The molecule has 3 heterocycles. The summed E-state index contributed by atoms with van der Waals surface area (Å²) in [6.45, 7) is 1.47. The Kier molecular flexibility index (Phi) is 3.79. The fourth-order valence-corrected chi connectivity index (χ4v) is 2.49. The molecule has 1 N–H and O–H groups in total. The minimum Gasteiger partial charge on any atom is -0.370 e. The van der Waals surface area contributed by atoms with Crippen molar-refractivity contribution >= 4 is 5.82 Å². The highest BCUT2D eigenvalue weighted by Gasteiger charge is 2.32. The molecule has 1 aliphatic rings. The number of aryl methyl sites for hydroxylation is 1. The molecule has 7 heteroatoms. The molecule has 0 amide bonds. The lowest BCUT2D eigenvalue weighted by Crippen LogP contribution is -2.20. The van der Waals surface area contributed by atoms with E-state index in [2.05, 4.69) is 20.3 Å². The predicted octanol–water partition coefficient (Wildman–Crippen LogP) is 1.27. The fourth-order valence-electron chi connectivity index (χ4n) is 2.49. The van der Waals surface area contributed by atoms with E-state index in [1.165, 1.54) is 6.20 Å². The van der Waals surface area contributed by atoms with Crippen LogP contribution in [0.5, 0.6) is 0 Å². The fraction of sp³-hybridized carbons (Fsp3) is 0.429. The van der Waals surface area contributed by atoms with E-state index in [4.69, 9.17) is 10.00 Å². The number of nitriles is 1. The van der Waals surface area contributed by atoms with Crippen molar-refractivity contribution in [2.75, 3.05) is 18.5 Å². The SMILES string of the molecule is Cn1ccnc1[C@@H]1OCC[C@H]1CNc1cnc(C#N)cn1. The maximum Gasteiger partial charge on any atom is 0.158 e. The molecule has 108 valence electrons. The van der Waals surface area contributed by atoms with Crippen LogP contribution in [0.2, 0.25) is 0 Å². The van der Waals surface area contributed by atoms with Crippen molar-refractivity contribution < 1.29 is 4.74 Å². The molecular weight excluding hydrogens is 268 g/mol. The number of rotatable bonds is 4. The Labute approximate surface area is 122 Å². The Balaban J connectivity index is 1.64. The first kappa shape index (κ1) is 13.5. The summed E-state index contributed by atoms with van der Waals surface area (Å²) in [5.41, 5.74) is 0.315. The average molecular weight is 284 g/mol. The first-order valence-electron chi connectivity index (χ1n) is 6.83. The molecule has 0 unspecified atom stereocenters. The molecule has 2 aromatic heterocycles. The van der Waals surface area contributed by atoms with E-state index in [1.807, 2.05) is 23.9 Å². The summed E-state index contributed by atoms with van der Waals surface area (Å²) in [6, 6.07) is 1.95. The van der Waals surface area contributed by atoms with Crippen molar-refractivity contribution in [3.8, 4) is 6.07 Å². The number of hydrogen-bond donors (Lipinski definition) is 1. The molecule has 0 radical (unpaired) electrons. The molecule has 2 atom stereocenters. The van der Waals surface area contributed by atoms with Gasteiger partial charge >= 0.3 is 0 Å². The normalized spacial score (nSPS) is 21.1. The number of nitrogens with one attached hydrogen (secondary N) is 1. The summed E-state index contributed by atoms with van der Waals surface area (Å²) in [7, 11) is 1.97. The second kappa shape index (κ2) is 5.89. The zero-order valence-corrected chi connectivity index (χ0v) is 11.7. The second-order valence-electron chi connectivity index (χ2n) is 5.02. The van der Waals surface area contributed by atoms with Crippen LogP contribution in [-0.4, -0.2) is 32.7 Å². The molecule has 3 rings (SSSR count). The molecule has 0 saturated carbocycles. The lowest BCUT2D eigenvalue weighted by molar-refractivity contribution is 0.0839. The first-order valence-corrected chi connectivity index (χ1v) is 6.83. The average Bonchev–Trinajstić information content (AvgIpc) is 3.13. The van der Waals surface area contributed by atoms with Crippen molar-refractivity contribution in [2.24, 2.45) is 13.0 Å². The van der Waals surface area contributed by atoms with E-state index in [0.717, 1.165) is 25.4 Å². The minimum atomic E-state index is 0.00356. The van der Waals surface area contributed by atoms with Crippen molar-refractivity contribution in [3.05, 3.63) is 36.3 Å². The molecule has 1 fully saturated rings. The maximum absolute atomic E-state index is 8.70. The Morgan fingerprint density at radius 2 is 2.33 bits per heavy atom. The molecule has 0 spiro atoms. The third-order valence-corrected chi connectivity index (χ3v) is 3.64. The Morgan fingerprint density at radius 3 is 3.00 bits per heavy atom. The summed E-state index contributed by atoms with van der Waals surface area (Å²) in [5.74, 6) is 1.95. The summed E-state index contributed by atoms with van der Waals surface area (Å²) >= 11 is 0. The van der Waals surface area contributed by atoms with Crippen molar-refractivity contribution in [2.45, 2.75) is 12.5 Å². The first-order chi connectivity index (χ1) is 10.3. The van der Waals surface area contributed by atoms with Gasteiger partial charge in [-0.25, -0.2) is 15.0 Å². The third kappa shape index (κ3) is 2.85. The van der Waals surface area contributed by atoms with Crippen molar-refractivity contribution in [1.29, 1.82) is 5.26 Å². The molecule has 0 bridgehead atoms. The molecule has 0 aliphatic carbocycles. The number of anilines is 1. The monoisotopic (exact) mass is 284 g/mol. The molecule has 7 nitrogen and oxygen atoms in total. The quantitative estimate of drug-likeness (QED) is 0.909. The lowest BCUT2D eigenvalue weighted by Gasteiger charge is -2.18. The van der Waals surface area contributed by atoms with Crippen molar-refractivity contribution in [1.82, 2.24) is 19.5 Å². The van der Waals surface area contributed by atoms with Crippen LogP contribution >= 0.6 is 0 Å². The molecule has 1 saturated heterocycles. The summed E-state index contributed by atoms with van der Waals surface area (Å²) in [6.07, 6.45) is 7.73. The van der Waals surface area contributed by atoms with Gasteiger partial charge in [-0.15, -0.1) is 0 Å². The van der Waals surface area contributed by atoms with E-state index in [9.17, 15) is 0 Å². The van der Waals surface area contributed by atoms with Gasteiger partial charge in [-0.05, 0) is 6.42 Å². The van der Waals surface area contributed by atoms with Crippen molar-refractivity contribution in [3.63, 3.8) is 0 Å². The van der Waals surface area contributed by atoms with Crippen LogP contribution in [-0.2, 0) is 11.8 Å². The molecule has 2 aromatic rings. The highest BCUT2D eigenvalue weighted by Crippen LogP contribution is 2.33. The Morgan fingerprint density at radius 1 is 1.43 bits per heavy atom. The summed E-state index contributed by atoms with van der Waals surface area (Å²) < 4.78 is 7.80. The van der Waals surface area contributed by atoms with Gasteiger partial charge in [0.05, 0.1) is 12.4 Å². The van der Waals surface area contributed by atoms with E-state index < -0.39 is 0 Å². The van der Waals surface area contributed by atoms with Crippen LogP contribution in [0.15, 0.2) is 24.8 Å². The summed E-state index contributed by atoms with van der Waals surface area (Å²) in [5, 5.41) is 11.9. The van der Waals surface area contributed by atoms with Gasteiger partial charge in [0.2, 0.25) is 0 Å². The van der Waals surface area contributed by atoms with Crippen LogP contribution in [0.25, 0.3) is 0 Å². The van der Waals surface area contributed by atoms with Crippen LogP contribution < -0.4 is 5.32 Å². The zero-order valence-electron chi connectivity index (χ0n) is 11.7. The topological polar surface area (TPSA) is 88.6 Å². The highest BCUT2D eigenvalue weighted by atomic mass is 16.5. The number of aromatic nitrogens is 4. The number of imidazole rings is 1. The van der Waals surface area contributed by atoms with Crippen LogP contribution in [0.3, 0.4) is 0 Å². The van der Waals surface area contributed by atoms with E-state index >= 15 is 0 Å². The van der Waals surface area contributed by atoms with E-state index in [-0.39, 0.29) is 6.10 Å². The smallest absolute Gasteiger partial charge is 0.158 e. The van der Waals surface area contributed by atoms with Gasteiger partial charge in [-0.1, -0.05) is 0 Å². The number of ether oxygens (including phenoxy) is 1.